The van der Waals surface area contributed by atoms with Gasteiger partial charge in [-0.25, -0.2) is 9.78 Å². The Balaban J connectivity index is 1.80. The van der Waals surface area contributed by atoms with Gasteiger partial charge in [0.15, 0.2) is 11.5 Å². The fourth-order valence-electron chi connectivity index (χ4n) is 2.21. The monoisotopic (exact) mass is 297 g/mol. The number of hydrogen-bond acceptors (Lipinski definition) is 4. The second kappa shape index (κ2) is 5.89. The SMILES string of the molecule is CCc1nc2cc(OCc3ccccc3C(=O)O)ccc2o1. The molecule has 1 heterocycles. The summed E-state index contributed by atoms with van der Waals surface area (Å²) < 4.78 is 11.2. The molecule has 0 saturated carbocycles. The van der Waals surface area contributed by atoms with Crippen molar-refractivity contribution in [2.75, 3.05) is 0 Å². The summed E-state index contributed by atoms with van der Waals surface area (Å²) in [5.41, 5.74) is 2.33. The van der Waals surface area contributed by atoms with Crippen LogP contribution in [0.1, 0.15) is 28.7 Å². The topological polar surface area (TPSA) is 72.6 Å². The standard InChI is InChI=1S/C17H15NO4/c1-2-16-18-14-9-12(7-8-15(14)22-16)21-10-11-5-3-4-6-13(11)17(19)20/h3-9H,2,10H2,1H3,(H,19,20). The van der Waals surface area contributed by atoms with Crippen LogP contribution in [0.15, 0.2) is 46.9 Å². The molecule has 5 nitrogen and oxygen atoms in total. The zero-order valence-corrected chi connectivity index (χ0v) is 12.1. The molecule has 0 unspecified atom stereocenters. The predicted molar refractivity (Wildman–Crippen MR) is 81.1 cm³/mol. The minimum atomic E-state index is -0.959. The Bertz CT molecular complexity index is 822. The van der Waals surface area contributed by atoms with Gasteiger partial charge in [-0.15, -0.1) is 0 Å². The molecule has 3 rings (SSSR count). The Labute approximate surface area is 127 Å². The minimum Gasteiger partial charge on any atom is -0.489 e. The van der Waals surface area contributed by atoms with Crippen LogP contribution in [0.2, 0.25) is 0 Å². The van der Waals surface area contributed by atoms with Gasteiger partial charge in [-0.05, 0) is 18.2 Å². The Morgan fingerprint density at radius 2 is 2.09 bits per heavy atom. The van der Waals surface area contributed by atoms with Gasteiger partial charge in [0, 0.05) is 18.1 Å². The first kappa shape index (κ1) is 14.1. The van der Waals surface area contributed by atoms with E-state index >= 15 is 0 Å². The molecule has 0 saturated heterocycles. The number of aryl methyl sites for hydroxylation is 1. The first-order chi connectivity index (χ1) is 10.7. The van der Waals surface area contributed by atoms with Crippen LogP contribution in [0.3, 0.4) is 0 Å². The zero-order chi connectivity index (χ0) is 15.5. The average molecular weight is 297 g/mol. The van der Waals surface area contributed by atoms with Crippen LogP contribution in [0, 0.1) is 0 Å². The summed E-state index contributed by atoms with van der Waals surface area (Å²) in [4.78, 5) is 15.5. The summed E-state index contributed by atoms with van der Waals surface area (Å²) in [5.74, 6) is 0.353. The lowest BCUT2D eigenvalue weighted by Gasteiger charge is -2.08. The minimum absolute atomic E-state index is 0.187. The van der Waals surface area contributed by atoms with Crippen molar-refractivity contribution in [1.29, 1.82) is 0 Å². The average Bonchev–Trinajstić information content (AvgIpc) is 2.95. The summed E-state index contributed by atoms with van der Waals surface area (Å²) in [5, 5.41) is 9.16. The summed E-state index contributed by atoms with van der Waals surface area (Å²) in [6.07, 6.45) is 0.733. The van der Waals surface area contributed by atoms with E-state index in [4.69, 9.17) is 14.3 Å². The number of fused-ring (bicyclic) bond motifs is 1. The lowest BCUT2D eigenvalue weighted by molar-refractivity contribution is 0.0694. The quantitative estimate of drug-likeness (QED) is 0.778. The lowest BCUT2D eigenvalue weighted by atomic mass is 10.1. The van der Waals surface area contributed by atoms with Crippen LogP contribution >= 0.6 is 0 Å². The van der Waals surface area contributed by atoms with E-state index in [2.05, 4.69) is 4.98 Å². The predicted octanol–water partition coefficient (Wildman–Crippen LogP) is 3.67. The van der Waals surface area contributed by atoms with E-state index in [9.17, 15) is 4.79 Å². The van der Waals surface area contributed by atoms with Crippen molar-refractivity contribution in [2.24, 2.45) is 0 Å². The van der Waals surface area contributed by atoms with Gasteiger partial charge in [0.1, 0.15) is 17.9 Å². The number of carboxylic acid groups (broad SMARTS) is 1. The number of benzene rings is 2. The molecular weight excluding hydrogens is 282 g/mol. The Hall–Kier alpha value is -2.82. The highest BCUT2D eigenvalue weighted by Gasteiger charge is 2.10. The van der Waals surface area contributed by atoms with Crippen LogP contribution in [0.5, 0.6) is 5.75 Å². The van der Waals surface area contributed by atoms with Crippen molar-refractivity contribution < 1.29 is 19.1 Å². The summed E-state index contributed by atoms with van der Waals surface area (Å²) in [6, 6.07) is 12.2. The molecule has 0 amide bonds. The van der Waals surface area contributed by atoms with Gasteiger partial charge in [-0.1, -0.05) is 25.1 Å². The van der Waals surface area contributed by atoms with Crippen molar-refractivity contribution >= 4 is 17.1 Å². The van der Waals surface area contributed by atoms with Crippen molar-refractivity contribution in [3.8, 4) is 5.75 Å². The molecule has 0 fully saturated rings. The van der Waals surface area contributed by atoms with Crippen molar-refractivity contribution in [3.63, 3.8) is 0 Å². The van der Waals surface area contributed by atoms with E-state index in [1.165, 1.54) is 0 Å². The lowest BCUT2D eigenvalue weighted by Crippen LogP contribution is -2.05. The molecule has 0 radical (unpaired) electrons. The Morgan fingerprint density at radius 3 is 2.86 bits per heavy atom. The summed E-state index contributed by atoms with van der Waals surface area (Å²) >= 11 is 0. The van der Waals surface area contributed by atoms with Crippen LogP contribution in [-0.4, -0.2) is 16.1 Å². The number of nitrogens with zero attached hydrogens (tertiary/aromatic N) is 1. The van der Waals surface area contributed by atoms with Crippen LogP contribution in [0.25, 0.3) is 11.1 Å². The number of carbonyl (C=O) groups is 1. The van der Waals surface area contributed by atoms with Gasteiger partial charge in [0.25, 0.3) is 0 Å². The first-order valence-corrected chi connectivity index (χ1v) is 7.01. The highest BCUT2D eigenvalue weighted by Crippen LogP contribution is 2.23. The van der Waals surface area contributed by atoms with Crippen LogP contribution < -0.4 is 4.74 Å². The van der Waals surface area contributed by atoms with Crippen LogP contribution in [-0.2, 0) is 13.0 Å². The van der Waals surface area contributed by atoms with E-state index in [0.29, 0.717) is 17.2 Å². The second-order valence-corrected chi connectivity index (χ2v) is 4.84. The van der Waals surface area contributed by atoms with E-state index in [-0.39, 0.29) is 12.2 Å². The third-order valence-electron chi connectivity index (χ3n) is 3.35. The molecule has 22 heavy (non-hydrogen) atoms. The molecule has 1 N–H and O–H groups in total. The van der Waals surface area contributed by atoms with Crippen LogP contribution in [0.4, 0.5) is 0 Å². The third-order valence-corrected chi connectivity index (χ3v) is 3.35. The molecule has 0 bridgehead atoms. The molecule has 0 atom stereocenters. The largest absolute Gasteiger partial charge is 0.489 e. The highest BCUT2D eigenvalue weighted by molar-refractivity contribution is 5.89. The number of aromatic carboxylic acids is 1. The number of aromatic nitrogens is 1. The number of rotatable bonds is 5. The molecule has 0 aliphatic heterocycles. The normalized spacial score (nSPS) is 10.8. The van der Waals surface area contributed by atoms with Gasteiger partial charge in [-0.2, -0.15) is 0 Å². The maximum Gasteiger partial charge on any atom is 0.336 e. The smallest absolute Gasteiger partial charge is 0.336 e. The van der Waals surface area contributed by atoms with Gasteiger partial charge in [-0.3, -0.25) is 0 Å². The molecule has 0 aliphatic rings. The zero-order valence-electron chi connectivity index (χ0n) is 12.1. The number of oxazole rings is 1. The molecule has 112 valence electrons. The molecular formula is C17H15NO4. The third kappa shape index (κ3) is 2.79. The number of ether oxygens (including phenoxy) is 1. The van der Waals surface area contributed by atoms with Crippen molar-refractivity contribution in [1.82, 2.24) is 4.98 Å². The maximum absolute atomic E-state index is 11.2. The molecule has 0 aliphatic carbocycles. The molecule has 2 aromatic carbocycles. The Morgan fingerprint density at radius 1 is 1.27 bits per heavy atom. The van der Waals surface area contributed by atoms with E-state index in [1.807, 2.05) is 6.92 Å². The maximum atomic E-state index is 11.2. The van der Waals surface area contributed by atoms with Gasteiger partial charge >= 0.3 is 5.97 Å². The first-order valence-electron chi connectivity index (χ1n) is 7.01. The molecule has 0 spiro atoms. The number of hydrogen-bond donors (Lipinski definition) is 1. The van der Waals surface area contributed by atoms with E-state index in [1.54, 1.807) is 42.5 Å². The van der Waals surface area contributed by atoms with Gasteiger partial charge in [0.05, 0.1) is 5.56 Å². The Kier molecular flexibility index (Phi) is 3.78. The number of carboxylic acids is 1. The van der Waals surface area contributed by atoms with Gasteiger partial charge < -0.3 is 14.3 Å². The molecule has 1 aromatic heterocycles. The molecule has 5 heteroatoms. The fourth-order valence-corrected chi connectivity index (χ4v) is 2.21. The fraction of sp³-hybridized carbons (Fsp3) is 0.176. The summed E-state index contributed by atoms with van der Waals surface area (Å²) in [6.45, 7) is 2.16. The van der Waals surface area contributed by atoms with Crippen molar-refractivity contribution in [2.45, 2.75) is 20.0 Å². The second-order valence-electron chi connectivity index (χ2n) is 4.84. The summed E-state index contributed by atoms with van der Waals surface area (Å²) in [7, 11) is 0. The van der Waals surface area contributed by atoms with Crippen molar-refractivity contribution in [3.05, 3.63) is 59.5 Å². The van der Waals surface area contributed by atoms with Gasteiger partial charge in [0.2, 0.25) is 0 Å². The molecule has 3 aromatic rings. The van der Waals surface area contributed by atoms with E-state index < -0.39 is 5.97 Å². The highest BCUT2D eigenvalue weighted by atomic mass is 16.5. The van der Waals surface area contributed by atoms with E-state index in [0.717, 1.165) is 17.5 Å².